The van der Waals surface area contributed by atoms with E-state index >= 15 is 0 Å². The van der Waals surface area contributed by atoms with Crippen LogP contribution < -0.4 is 5.73 Å². The molecule has 4 nitrogen and oxygen atoms in total. The molecule has 1 unspecified atom stereocenters. The Balaban J connectivity index is 2.38. The van der Waals surface area contributed by atoms with Gasteiger partial charge in [0.25, 0.3) is 0 Å². The van der Waals surface area contributed by atoms with Crippen LogP contribution in [0.4, 0.5) is 4.39 Å². The minimum atomic E-state index is -3.63. The van der Waals surface area contributed by atoms with Crippen LogP contribution in [0.1, 0.15) is 25.3 Å². The maximum atomic E-state index is 13.6. The molecule has 1 aliphatic heterocycles. The molecule has 1 heterocycles. The standard InChI is InChI=1S/C13H19FN2O2S/c1-2-10-6-7-16(9-10)19(17,18)13-5-3-4-12(14)11(13)8-15/h3-5,10H,2,6-9,15H2,1H3. The highest BCUT2D eigenvalue weighted by Crippen LogP contribution is 2.28. The highest BCUT2D eigenvalue weighted by molar-refractivity contribution is 7.89. The number of hydrogen-bond acceptors (Lipinski definition) is 3. The van der Waals surface area contributed by atoms with Crippen LogP contribution in [-0.4, -0.2) is 25.8 Å². The molecule has 0 saturated carbocycles. The molecule has 6 heteroatoms. The normalized spacial score (nSPS) is 20.9. The van der Waals surface area contributed by atoms with Crippen LogP contribution in [-0.2, 0) is 16.6 Å². The number of benzene rings is 1. The quantitative estimate of drug-likeness (QED) is 0.916. The first-order chi connectivity index (χ1) is 9.00. The van der Waals surface area contributed by atoms with Gasteiger partial charge < -0.3 is 5.73 Å². The minimum absolute atomic E-state index is 0.00625. The van der Waals surface area contributed by atoms with E-state index in [9.17, 15) is 12.8 Å². The van der Waals surface area contributed by atoms with Crippen molar-refractivity contribution in [1.82, 2.24) is 4.31 Å². The van der Waals surface area contributed by atoms with E-state index < -0.39 is 15.8 Å². The number of hydrogen-bond donors (Lipinski definition) is 1. The second kappa shape index (κ2) is 5.56. The Morgan fingerprint density at radius 2 is 2.21 bits per heavy atom. The molecule has 0 spiro atoms. The molecule has 0 radical (unpaired) electrons. The maximum Gasteiger partial charge on any atom is 0.243 e. The topological polar surface area (TPSA) is 63.4 Å². The van der Waals surface area contributed by atoms with E-state index in [1.54, 1.807) is 0 Å². The Kier molecular flexibility index (Phi) is 4.23. The van der Waals surface area contributed by atoms with Crippen molar-refractivity contribution >= 4 is 10.0 Å². The third-order valence-corrected chi connectivity index (χ3v) is 5.67. The van der Waals surface area contributed by atoms with Crippen LogP contribution in [0, 0.1) is 11.7 Å². The van der Waals surface area contributed by atoms with Crippen molar-refractivity contribution in [2.75, 3.05) is 13.1 Å². The third-order valence-electron chi connectivity index (χ3n) is 3.72. The van der Waals surface area contributed by atoms with Gasteiger partial charge >= 0.3 is 0 Å². The molecular weight excluding hydrogens is 267 g/mol. The summed E-state index contributed by atoms with van der Waals surface area (Å²) in [5.74, 6) is -0.167. The van der Waals surface area contributed by atoms with Crippen LogP contribution in [0.3, 0.4) is 0 Å². The molecule has 1 fully saturated rings. The molecule has 106 valence electrons. The zero-order valence-electron chi connectivity index (χ0n) is 11.0. The van der Waals surface area contributed by atoms with Crippen molar-refractivity contribution in [2.45, 2.75) is 31.2 Å². The number of halogens is 1. The predicted molar refractivity (Wildman–Crippen MR) is 71.4 cm³/mol. The summed E-state index contributed by atoms with van der Waals surface area (Å²) in [6.07, 6.45) is 1.82. The molecule has 1 aliphatic rings. The van der Waals surface area contributed by atoms with E-state index in [0.29, 0.717) is 19.0 Å². The van der Waals surface area contributed by atoms with Gasteiger partial charge in [0.05, 0.1) is 4.90 Å². The highest BCUT2D eigenvalue weighted by atomic mass is 32.2. The third kappa shape index (κ3) is 2.66. The van der Waals surface area contributed by atoms with Crippen LogP contribution in [0.5, 0.6) is 0 Å². The van der Waals surface area contributed by atoms with Gasteiger partial charge in [0.1, 0.15) is 5.82 Å². The van der Waals surface area contributed by atoms with E-state index in [4.69, 9.17) is 5.73 Å². The molecule has 0 aliphatic carbocycles. The van der Waals surface area contributed by atoms with Crippen LogP contribution >= 0.6 is 0 Å². The lowest BCUT2D eigenvalue weighted by atomic mass is 10.1. The van der Waals surface area contributed by atoms with Gasteiger partial charge in [-0.3, -0.25) is 0 Å². The second-order valence-electron chi connectivity index (χ2n) is 4.85. The summed E-state index contributed by atoms with van der Waals surface area (Å²) in [5.41, 5.74) is 5.55. The van der Waals surface area contributed by atoms with Gasteiger partial charge in [-0.15, -0.1) is 0 Å². The average molecular weight is 286 g/mol. The molecule has 1 atom stereocenters. The van der Waals surface area contributed by atoms with E-state index in [2.05, 4.69) is 0 Å². The lowest BCUT2D eigenvalue weighted by molar-refractivity contribution is 0.451. The summed E-state index contributed by atoms with van der Waals surface area (Å²) in [7, 11) is -3.63. The van der Waals surface area contributed by atoms with Gasteiger partial charge in [0.2, 0.25) is 10.0 Å². The van der Waals surface area contributed by atoms with Gasteiger partial charge in [-0.05, 0) is 24.5 Å². The van der Waals surface area contributed by atoms with Crippen molar-refractivity contribution in [1.29, 1.82) is 0 Å². The molecule has 1 aromatic carbocycles. The Morgan fingerprint density at radius 1 is 1.47 bits per heavy atom. The maximum absolute atomic E-state index is 13.6. The first-order valence-electron chi connectivity index (χ1n) is 6.48. The van der Waals surface area contributed by atoms with E-state index in [1.807, 2.05) is 6.92 Å². The fourth-order valence-corrected chi connectivity index (χ4v) is 4.24. The molecule has 1 saturated heterocycles. The Bertz CT molecular complexity index is 560. The highest BCUT2D eigenvalue weighted by Gasteiger charge is 2.33. The molecule has 0 bridgehead atoms. The molecule has 2 N–H and O–H groups in total. The number of sulfonamides is 1. The van der Waals surface area contributed by atoms with E-state index in [1.165, 1.54) is 22.5 Å². The smallest absolute Gasteiger partial charge is 0.243 e. The van der Waals surface area contributed by atoms with Crippen molar-refractivity contribution in [3.63, 3.8) is 0 Å². The number of rotatable bonds is 4. The molecular formula is C13H19FN2O2S. The first-order valence-corrected chi connectivity index (χ1v) is 7.92. The Labute approximate surface area is 113 Å². The van der Waals surface area contributed by atoms with Crippen LogP contribution in [0.15, 0.2) is 23.1 Å². The lowest BCUT2D eigenvalue weighted by Gasteiger charge is -2.18. The second-order valence-corrected chi connectivity index (χ2v) is 6.75. The average Bonchev–Trinajstić information content (AvgIpc) is 2.87. The van der Waals surface area contributed by atoms with Gasteiger partial charge in [0.15, 0.2) is 0 Å². The fraction of sp³-hybridized carbons (Fsp3) is 0.538. The molecule has 0 aromatic heterocycles. The first kappa shape index (κ1) is 14.4. The van der Waals surface area contributed by atoms with Crippen molar-refractivity contribution in [3.05, 3.63) is 29.6 Å². The SMILES string of the molecule is CCC1CCN(S(=O)(=O)c2cccc(F)c2CN)C1. The van der Waals surface area contributed by atoms with Crippen molar-refractivity contribution < 1.29 is 12.8 Å². The van der Waals surface area contributed by atoms with E-state index in [0.717, 1.165) is 12.8 Å². The Morgan fingerprint density at radius 3 is 2.79 bits per heavy atom. The van der Waals surface area contributed by atoms with E-state index in [-0.39, 0.29) is 17.0 Å². The lowest BCUT2D eigenvalue weighted by Crippen LogP contribution is -2.30. The van der Waals surface area contributed by atoms with Gasteiger partial charge in [-0.25, -0.2) is 12.8 Å². The molecule has 2 rings (SSSR count). The zero-order chi connectivity index (χ0) is 14.0. The summed E-state index contributed by atoms with van der Waals surface area (Å²) in [5, 5.41) is 0. The van der Waals surface area contributed by atoms with Gasteiger partial charge in [-0.1, -0.05) is 19.4 Å². The van der Waals surface area contributed by atoms with Crippen molar-refractivity contribution in [3.8, 4) is 0 Å². The molecule has 0 amide bonds. The van der Waals surface area contributed by atoms with Gasteiger partial charge in [-0.2, -0.15) is 4.31 Å². The number of nitrogens with zero attached hydrogens (tertiary/aromatic N) is 1. The fourth-order valence-electron chi connectivity index (χ4n) is 2.47. The summed E-state index contributed by atoms with van der Waals surface area (Å²) in [4.78, 5) is 0.00625. The van der Waals surface area contributed by atoms with Gasteiger partial charge in [0, 0.05) is 25.2 Å². The van der Waals surface area contributed by atoms with Crippen LogP contribution in [0.25, 0.3) is 0 Å². The summed E-state index contributed by atoms with van der Waals surface area (Å²) >= 11 is 0. The summed E-state index contributed by atoms with van der Waals surface area (Å²) in [6, 6.07) is 4.08. The number of nitrogens with two attached hydrogens (primary N) is 1. The minimum Gasteiger partial charge on any atom is -0.326 e. The monoisotopic (exact) mass is 286 g/mol. The Hall–Kier alpha value is -0.980. The largest absolute Gasteiger partial charge is 0.326 e. The summed E-state index contributed by atoms with van der Waals surface area (Å²) < 4.78 is 40.2. The molecule has 1 aromatic rings. The van der Waals surface area contributed by atoms with Crippen LogP contribution in [0.2, 0.25) is 0 Å². The van der Waals surface area contributed by atoms with Crippen molar-refractivity contribution in [2.24, 2.45) is 11.7 Å². The zero-order valence-corrected chi connectivity index (χ0v) is 11.8. The summed E-state index contributed by atoms with van der Waals surface area (Å²) in [6.45, 7) is 2.95. The molecule has 19 heavy (non-hydrogen) atoms. The predicted octanol–water partition coefficient (Wildman–Crippen LogP) is 1.71.